The van der Waals surface area contributed by atoms with Crippen LogP contribution in [-0.2, 0) is 4.57 Å². The fourth-order valence-electron chi connectivity index (χ4n) is 7.03. The molecule has 0 bridgehead atoms. The van der Waals surface area contributed by atoms with E-state index in [1.807, 2.05) is 78.9 Å². The lowest BCUT2D eigenvalue weighted by Crippen LogP contribution is -2.25. The Morgan fingerprint density at radius 2 is 0.922 bits per heavy atom. The molecule has 0 spiro atoms. The molecule has 4 heterocycles. The highest BCUT2D eigenvalue weighted by atomic mass is 31.2. The first kappa shape index (κ1) is 30.6. The lowest BCUT2D eigenvalue weighted by Gasteiger charge is -2.22. The van der Waals surface area contributed by atoms with Gasteiger partial charge in [0.05, 0.1) is 22.4 Å². The molecule has 4 aromatic heterocycles. The zero-order chi connectivity index (χ0) is 34.2. The smallest absolute Gasteiger partial charge is 0.171 e. The van der Waals surface area contributed by atoms with E-state index in [9.17, 15) is 0 Å². The predicted molar refractivity (Wildman–Crippen MR) is 210 cm³/mol. The molecule has 0 N–H and O–H groups in total. The summed E-state index contributed by atoms with van der Waals surface area (Å²) < 4.78 is 18.3. The van der Waals surface area contributed by atoms with Crippen LogP contribution in [0.15, 0.2) is 189 Å². The van der Waals surface area contributed by atoms with Gasteiger partial charge in [-0.25, -0.2) is 4.98 Å². The molecule has 1 unspecified atom stereocenters. The Labute approximate surface area is 296 Å². The summed E-state index contributed by atoms with van der Waals surface area (Å²) in [6.07, 6.45) is 7.11. The summed E-state index contributed by atoms with van der Waals surface area (Å²) in [5.41, 5.74) is 8.72. The molecular formula is C45H31N4OP. The third-order valence-electron chi connectivity index (χ3n) is 9.47. The zero-order valence-corrected chi connectivity index (χ0v) is 28.4. The van der Waals surface area contributed by atoms with E-state index in [1.165, 1.54) is 10.8 Å². The highest BCUT2D eigenvalue weighted by Gasteiger charge is 2.31. The van der Waals surface area contributed by atoms with E-state index in [2.05, 4.69) is 99.5 Å². The Hall–Kier alpha value is -6.42. The van der Waals surface area contributed by atoms with Gasteiger partial charge in [0.2, 0.25) is 0 Å². The third-order valence-corrected chi connectivity index (χ3v) is 12.5. The highest BCUT2D eigenvalue weighted by Crippen LogP contribution is 2.44. The number of hydrogen-bond acceptors (Lipinski definition) is 4. The molecule has 6 heteroatoms. The van der Waals surface area contributed by atoms with Gasteiger partial charge in [0.25, 0.3) is 0 Å². The molecule has 0 saturated heterocycles. The quantitative estimate of drug-likeness (QED) is 0.158. The predicted octanol–water partition coefficient (Wildman–Crippen LogP) is 9.61. The number of para-hydroxylation sites is 2. The first-order chi connectivity index (χ1) is 25.2. The molecule has 0 radical (unpaired) electrons. The molecule has 0 saturated carbocycles. The van der Waals surface area contributed by atoms with Gasteiger partial charge >= 0.3 is 0 Å². The molecule has 9 aromatic rings. The van der Waals surface area contributed by atoms with Gasteiger partial charge in [0, 0.05) is 68.3 Å². The topological polar surface area (TPSA) is 60.7 Å². The van der Waals surface area contributed by atoms with Crippen LogP contribution >= 0.6 is 7.14 Å². The molecule has 51 heavy (non-hydrogen) atoms. The van der Waals surface area contributed by atoms with Gasteiger partial charge in [-0.3, -0.25) is 9.97 Å². The largest absolute Gasteiger partial charge is 0.309 e. The number of rotatable bonds is 7. The first-order valence-electron chi connectivity index (χ1n) is 16.9. The number of fused-ring (bicyclic) bond motifs is 3. The summed E-state index contributed by atoms with van der Waals surface area (Å²) in [6, 6.07) is 55.3. The number of benzene rings is 5. The molecule has 0 aliphatic heterocycles. The van der Waals surface area contributed by atoms with Crippen molar-refractivity contribution in [3.8, 4) is 39.3 Å². The molecule has 0 aliphatic carbocycles. The van der Waals surface area contributed by atoms with Crippen molar-refractivity contribution in [3.63, 3.8) is 0 Å². The summed E-state index contributed by atoms with van der Waals surface area (Å²) in [7, 11) is -3.36. The van der Waals surface area contributed by atoms with Crippen molar-refractivity contribution in [3.05, 3.63) is 189 Å². The van der Waals surface area contributed by atoms with Gasteiger partial charge in [-0.2, -0.15) is 0 Å². The lowest BCUT2D eigenvalue weighted by molar-refractivity contribution is 0.592. The van der Waals surface area contributed by atoms with E-state index in [0.717, 1.165) is 66.3 Å². The van der Waals surface area contributed by atoms with Crippen LogP contribution in [-0.4, -0.2) is 19.5 Å². The van der Waals surface area contributed by atoms with E-state index >= 15 is 4.57 Å². The second kappa shape index (κ2) is 12.8. The van der Waals surface area contributed by atoms with Crippen LogP contribution in [0.25, 0.3) is 61.1 Å². The van der Waals surface area contributed by atoms with Gasteiger partial charge in [-0.05, 0) is 77.9 Å². The van der Waals surface area contributed by atoms with Crippen molar-refractivity contribution in [2.45, 2.75) is 0 Å². The van der Waals surface area contributed by atoms with Crippen LogP contribution in [0.3, 0.4) is 0 Å². The average Bonchev–Trinajstić information content (AvgIpc) is 3.56. The first-order valence-corrected chi connectivity index (χ1v) is 18.6. The van der Waals surface area contributed by atoms with Crippen molar-refractivity contribution in [2.24, 2.45) is 0 Å². The molecule has 0 amide bonds. The number of nitrogens with zero attached hydrogens (tertiary/aromatic N) is 4. The summed E-state index contributed by atoms with van der Waals surface area (Å²) in [5, 5.41) is 4.69. The molecule has 9 rings (SSSR count). The van der Waals surface area contributed by atoms with Gasteiger partial charge in [-0.1, -0.05) is 97.1 Å². The number of hydrogen-bond donors (Lipinski definition) is 0. The SMILES string of the molecule is O=P(c1ccccc1)(c1cccc(-c2cc(-c3ccncc3)nc(-c3ccncc3)c2)c1)c1cccc(-n2c3ccccc3c3ccccc32)c1. The Morgan fingerprint density at radius 1 is 0.412 bits per heavy atom. The van der Waals surface area contributed by atoms with Gasteiger partial charge < -0.3 is 9.13 Å². The van der Waals surface area contributed by atoms with Crippen LogP contribution in [0.1, 0.15) is 0 Å². The molecule has 242 valence electrons. The minimum absolute atomic E-state index is 0.762. The second-order valence-electron chi connectivity index (χ2n) is 12.5. The summed E-state index contributed by atoms with van der Waals surface area (Å²) >= 11 is 0. The van der Waals surface area contributed by atoms with Crippen LogP contribution < -0.4 is 15.9 Å². The van der Waals surface area contributed by atoms with Crippen LogP contribution in [0.5, 0.6) is 0 Å². The molecule has 0 aliphatic rings. The Morgan fingerprint density at radius 3 is 1.53 bits per heavy atom. The second-order valence-corrected chi connectivity index (χ2v) is 15.3. The van der Waals surface area contributed by atoms with Crippen molar-refractivity contribution >= 4 is 44.9 Å². The van der Waals surface area contributed by atoms with E-state index in [4.69, 9.17) is 4.98 Å². The normalized spacial score (nSPS) is 12.5. The average molecular weight is 675 g/mol. The standard InChI is InChI=1S/C45H31N4OP/c50-51(37-12-2-1-3-13-37,39-15-9-11-36(31-39)49-44-18-6-4-16-40(44)41-17-5-7-19-45(41)49)38-14-8-10-34(28-38)35-29-42(32-20-24-46-25-21-32)48-43(30-35)33-22-26-47-27-23-33/h1-31H. The molecule has 0 fully saturated rings. The monoisotopic (exact) mass is 674 g/mol. The lowest BCUT2D eigenvalue weighted by atomic mass is 10.0. The molecule has 1 atom stereocenters. The zero-order valence-electron chi connectivity index (χ0n) is 27.5. The van der Waals surface area contributed by atoms with Crippen molar-refractivity contribution < 1.29 is 4.57 Å². The van der Waals surface area contributed by atoms with Crippen molar-refractivity contribution in [1.29, 1.82) is 0 Å². The van der Waals surface area contributed by atoms with E-state index in [0.29, 0.717) is 0 Å². The fourth-order valence-corrected chi connectivity index (χ4v) is 9.75. The van der Waals surface area contributed by atoms with Crippen molar-refractivity contribution in [1.82, 2.24) is 19.5 Å². The summed E-state index contributed by atoms with van der Waals surface area (Å²) in [6.45, 7) is 0. The highest BCUT2D eigenvalue weighted by molar-refractivity contribution is 7.85. The van der Waals surface area contributed by atoms with E-state index in [-0.39, 0.29) is 0 Å². The fraction of sp³-hybridized carbons (Fsp3) is 0. The minimum Gasteiger partial charge on any atom is -0.309 e. The van der Waals surface area contributed by atoms with E-state index < -0.39 is 7.14 Å². The Kier molecular flexibility index (Phi) is 7.68. The number of pyridine rings is 3. The van der Waals surface area contributed by atoms with Crippen LogP contribution in [0.2, 0.25) is 0 Å². The maximum Gasteiger partial charge on any atom is 0.171 e. The van der Waals surface area contributed by atoms with E-state index in [1.54, 1.807) is 24.8 Å². The van der Waals surface area contributed by atoms with Gasteiger partial charge in [0.1, 0.15) is 0 Å². The molecular weight excluding hydrogens is 643 g/mol. The van der Waals surface area contributed by atoms with Gasteiger partial charge in [0.15, 0.2) is 7.14 Å². The minimum atomic E-state index is -3.36. The maximum atomic E-state index is 16.0. The Balaban J connectivity index is 1.23. The van der Waals surface area contributed by atoms with Crippen LogP contribution in [0, 0.1) is 0 Å². The number of aromatic nitrogens is 4. The van der Waals surface area contributed by atoms with Gasteiger partial charge in [-0.15, -0.1) is 0 Å². The maximum absolute atomic E-state index is 16.0. The summed E-state index contributed by atoms with van der Waals surface area (Å²) in [4.78, 5) is 13.5. The Bertz CT molecular complexity index is 2620. The summed E-state index contributed by atoms with van der Waals surface area (Å²) in [5.74, 6) is 0. The third kappa shape index (κ3) is 5.45. The molecule has 5 aromatic carbocycles. The molecule has 5 nitrogen and oxygen atoms in total. The van der Waals surface area contributed by atoms with Crippen molar-refractivity contribution in [2.75, 3.05) is 0 Å². The van der Waals surface area contributed by atoms with Crippen LogP contribution in [0.4, 0.5) is 0 Å².